The van der Waals surface area contributed by atoms with E-state index in [2.05, 4.69) is 14.7 Å². The van der Waals surface area contributed by atoms with Gasteiger partial charge in [-0.1, -0.05) is 16.8 Å². The molecule has 7 heteroatoms. The highest BCUT2D eigenvalue weighted by molar-refractivity contribution is 6.29. The Bertz CT molecular complexity index is 626. The molecule has 0 unspecified atom stereocenters. The van der Waals surface area contributed by atoms with Gasteiger partial charge in [-0.15, -0.1) is 0 Å². The molecule has 1 fully saturated rings. The molecule has 6 nitrogen and oxygen atoms in total. The molecule has 3 rings (SSSR count). The minimum atomic E-state index is 0.188. The maximum atomic E-state index is 12.6. The summed E-state index contributed by atoms with van der Waals surface area (Å²) in [5.74, 6) is 0.850. The minimum absolute atomic E-state index is 0.188. The van der Waals surface area contributed by atoms with E-state index < -0.39 is 0 Å². The van der Waals surface area contributed by atoms with Crippen LogP contribution in [0, 0.1) is 0 Å². The number of rotatable bonds is 6. The van der Waals surface area contributed by atoms with Crippen molar-refractivity contribution in [1.29, 1.82) is 0 Å². The highest BCUT2D eigenvalue weighted by atomic mass is 35.5. The summed E-state index contributed by atoms with van der Waals surface area (Å²) in [6, 6.07) is 1.98. The van der Waals surface area contributed by atoms with Gasteiger partial charge in [0.1, 0.15) is 5.76 Å². The molecule has 124 valence electrons. The van der Waals surface area contributed by atoms with Crippen LogP contribution in [0.5, 0.6) is 0 Å². The van der Waals surface area contributed by atoms with Gasteiger partial charge in [0.15, 0.2) is 5.15 Å². The first-order valence-electron chi connectivity index (χ1n) is 8.08. The van der Waals surface area contributed by atoms with Crippen LogP contribution < -0.4 is 0 Å². The fourth-order valence-electron chi connectivity index (χ4n) is 3.13. The zero-order chi connectivity index (χ0) is 16.1. The number of hydrogen-bond acceptors (Lipinski definition) is 4. The smallest absolute Gasteiger partial charge is 0.223 e. The van der Waals surface area contributed by atoms with Gasteiger partial charge in [0.25, 0.3) is 0 Å². The third-order valence-electron chi connectivity index (χ3n) is 4.34. The second-order valence-corrected chi connectivity index (χ2v) is 6.33. The molecule has 0 saturated carbocycles. The molecule has 0 spiro atoms. The van der Waals surface area contributed by atoms with Gasteiger partial charge in [0.05, 0.1) is 6.33 Å². The number of carbonyl (C=O) groups excluding carboxylic acids is 1. The Labute approximate surface area is 140 Å². The number of amides is 1. The van der Waals surface area contributed by atoms with Crippen molar-refractivity contribution >= 4 is 17.5 Å². The number of halogens is 1. The molecule has 1 amide bonds. The molecule has 0 radical (unpaired) electrons. The summed E-state index contributed by atoms with van der Waals surface area (Å²) in [5.41, 5.74) is 0. The first kappa shape index (κ1) is 16.1. The molecule has 2 aromatic heterocycles. The van der Waals surface area contributed by atoms with Crippen LogP contribution in [0.2, 0.25) is 5.15 Å². The lowest BCUT2D eigenvalue weighted by Crippen LogP contribution is -2.44. The Hall–Kier alpha value is -1.82. The molecule has 0 aromatic carbocycles. The van der Waals surface area contributed by atoms with Crippen molar-refractivity contribution in [2.24, 2.45) is 0 Å². The van der Waals surface area contributed by atoms with E-state index in [9.17, 15) is 4.79 Å². The SMILES string of the molecule is O=C(CCc1cc(Cl)no1)N1CCCC[C@H]1CCn1ccnc1. The van der Waals surface area contributed by atoms with Gasteiger partial charge >= 0.3 is 0 Å². The van der Waals surface area contributed by atoms with Crippen LogP contribution in [0.15, 0.2) is 29.3 Å². The molecule has 0 N–H and O–H groups in total. The molecule has 2 aromatic rings. The van der Waals surface area contributed by atoms with Crippen LogP contribution in [0.4, 0.5) is 0 Å². The Morgan fingerprint density at radius 1 is 1.43 bits per heavy atom. The quantitative estimate of drug-likeness (QED) is 0.813. The standard InChI is InChI=1S/C16H21ClN4O2/c17-15-11-14(23-19-15)4-5-16(22)21-8-2-1-3-13(21)6-9-20-10-7-18-12-20/h7,10-13H,1-6,8-9H2/t13-/m0/s1. The molecule has 0 aliphatic carbocycles. The maximum absolute atomic E-state index is 12.6. The Morgan fingerprint density at radius 3 is 3.09 bits per heavy atom. The average molecular weight is 337 g/mol. The van der Waals surface area contributed by atoms with E-state index in [1.807, 2.05) is 17.4 Å². The zero-order valence-electron chi connectivity index (χ0n) is 13.0. The van der Waals surface area contributed by atoms with E-state index in [1.54, 1.807) is 12.3 Å². The third-order valence-corrected chi connectivity index (χ3v) is 4.52. The lowest BCUT2D eigenvalue weighted by molar-refractivity contribution is -0.135. The summed E-state index contributed by atoms with van der Waals surface area (Å²) in [6.45, 7) is 1.75. The molecule has 3 heterocycles. The number of imidazole rings is 1. The van der Waals surface area contributed by atoms with Crippen LogP contribution >= 0.6 is 11.6 Å². The summed E-state index contributed by atoms with van der Waals surface area (Å²) in [4.78, 5) is 18.7. The van der Waals surface area contributed by atoms with E-state index in [0.717, 1.165) is 32.4 Å². The number of aryl methyl sites for hydroxylation is 2. The van der Waals surface area contributed by atoms with Crippen molar-refractivity contribution < 1.29 is 9.32 Å². The van der Waals surface area contributed by atoms with Gasteiger partial charge in [-0.05, 0) is 25.7 Å². The second-order valence-electron chi connectivity index (χ2n) is 5.94. The fraction of sp³-hybridized carbons (Fsp3) is 0.562. The van der Waals surface area contributed by atoms with Gasteiger partial charge in [0, 0.05) is 50.4 Å². The second kappa shape index (κ2) is 7.64. The number of likely N-dealkylation sites (tertiary alicyclic amines) is 1. The number of nitrogens with zero attached hydrogens (tertiary/aromatic N) is 4. The zero-order valence-corrected chi connectivity index (χ0v) is 13.8. The largest absolute Gasteiger partial charge is 0.360 e. The fourth-order valence-corrected chi connectivity index (χ4v) is 3.28. The number of aromatic nitrogens is 3. The van der Waals surface area contributed by atoms with Crippen molar-refractivity contribution in [3.63, 3.8) is 0 Å². The molecule has 0 bridgehead atoms. The molecule has 1 atom stereocenters. The van der Waals surface area contributed by atoms with Crippen molar-refractivity contribution in [3.05, 3.63) is 35.7 Å². The Morgan fingerprint density at radius 2 is 2.35 bits per heavy atom. The summed E-state index contributed by atoms with van der Waals surface area (Å²) >= 11 is 5.73. The number of piperidine rings is 1. The normalized spacial score (nSPS) is 18.3. The van der Waals surface area contributed by atoms with Crippen molar-refractivity contribution in [2.75, 3.05) is 6.54 Å². The Balaban J connectivity index is 1.53. The van der Waals surface area contributed by atoms with Gasteiger partial charge in [0.2, 0.25) is 5.91 Å². The maximum Gasteiger partial charge on any atom is 0.223 e. The number of hydrogen-bond donors (Lipinski definition) is 0. The molecule has 1 aliphatic heterocycles. The lowest BCUT2D eigenvalue weighted by Gasteiger charge is -2.36. The minimum Gasteiger partial charge on any atom is -0.360 e. The van der Waals surface area contributed by atoms with Gasteiger partial charge in [-0.2, -0.15) is 0 Å². The summed E-state index contributed by atoms with van der Waals surface area (Å²) in [6.07, 6.45) is 10.9. The highest BCUT2D eigenvalue weighted by Gasteiger charge is 2.26. The van der Waals surface area contributed by atoms with E-state index in [0.29, 0.717) is 29.8 Å². The van der Waals surface area contributed by atoms with E-state index in [1.165, 1.54) is 6.42 Å². The molecule has 1 aliphatic rings. The summed E-state index contributed by atoms with van der Waals surface area (Å²) < 4.78 is 7.13. The van der Waals surface area contributed by atoms with Crippen molar-refractivity contribution in [2.45, 2.75) is 51.1 Å². The van der Waals surface area contributed by atoms with Gasteiger partial charge in [-0.25, -0.2) is 4.98 Å². The van der Waals surface area contributed by atoms with Crippen LogP contribution in [-0.4, -0.2) is 38.1 Å². The Kier molecular flexibility index (Phi) is 5.33. The highest BCUT2D eigenvalue weighted by Crippen LogP contribution is 2.22. The van der Waals surface area contributed by atoms with Crippen LogP contribution in [0.25, 0.3) is 0 Å². The lowest BCUT2D eigenvalue weighted by atomic mass is 9.98. The third kappa shape index (κ3) is 4.34. The van der Waals surface area contributed by atoms with E-state index >= 15 is 0 Å². The topological polar surface area (TPSA) is 64.2 Å². The van der Waals surface area contributed by atoms with Crippen molar-refractivity contribution in [3.8, 4) is 0 Å². The van der Waals surface area contributed by atoms with Crippen molar-refractivity contribution in [1.82, 2.24) is 19.6 Å². The monoisotopic (exact) mass is 336 g/mol. The van der Waals surface area contributed by atoms with Crippen LogP contribution in [-0.2, 0) is 17.8 Å². The first-order chi connectivity index (χ1) is 11.2. The molecular formula is C16H21ClN4O2. The van der Waals surface area contributed by atoms with Gasteiger partial charge < -0.3 is 14.0 Å². The average Bonchev–Trinajstić information content (AvgIpc) is 3.22. The molecule has 1 saturated heterocycles. The van der Waals surface area contributed by atoms with Gasteiger partial charge in [-0.3, -0.25) is 4.79 Å². The van der Waals surface area contributed by atoms with E-state index in [4.69, 9.17) is 16.1 Å². The molecule has 23 heavy (non-hydrogen) atoms. The first-order valence-corrected chi connectivity index (χ1v) is 8.46. The molecular weight excluding hydrogens is 316 g/mol. The summed E-state index contributed by atoms with van der Waals surface area (Å²) in [5, 5.41) is 3.97. The van der Waals surface area contributed by atoms with E-state index in [-0.39, 0.29) is 5.91 Å². The number of carbonyl (C=O) groups is 1. The predicted octanol–water partition coefficient (Wildman–Crippen LogP) is 2.93. The van der Waals surface area contributed by atoms with Crippen LogP contribution in [0.3, 0.4) is 0 Å². The summed E-state index contributed by atoms with van der Waals surface area (Å²) in [7, 11) is 0. The van der Waals surface area contributed by atoms with Crippen LogP contribution in [0.1, 0.15) is 37.9 Å². The predicted molar refractivity (Wildman–Crippen MR) is 86.0 cm³/mol.